The summed E-state index contributed by atoms with van der Waals surface area (Å²) < 4.78 is 46.4. The number of hydrogen-bond donors (Lipinski definition) is 1. The van der Waals surface area contributed by atoms with Crippen molar-refractivity contribution in [3.8, 4) is 5.75 Å². The van der Waals surface area contributed by atoms with Gasteiger partial charge in [-0.3, -0.25) is 9.10 Å². The van der Waals surface area contributed by atoms with Crippen LogP contribution in [0.4, 0.5) is 10.1 Å². The number of nitrogens with one attached hydrogen (secondary N) is 1. The van der Waals surface area contributed by atoms with Crippen molar-refractivity contribution in [3.63, 3.8) is 0 Å². The summed E-state index contributed by atoms with van der Waals surface area (Å²) in [6, 6.07) is 11.6. The van der Waals surface area contributed by atoms with Crippen LogP contribution in [0.15, 0.2) is 48.5 Å². The number of amides is 1. The highest BCUT2D eigenvalue weighted by molar-refractivity contribution is 7.92. The van der Waals surface area contributed by atoms with Crippen LogP contribution in [0.2, 0.25) is 0 Å². The maximum absolute atomic E-state index is 14.4. The Morgan fingerprint density at radius 2 is 1.81 bits per heavy atom. The average Bonchev–Trinajstić information content (AvgIpc) is 2.74. The number of benzene rings is 2. The molecule has 168 valence electrons. The van der Waals surface area contributed by atoms with E-state index >= 15 is 0 Å². The number of anilines is 1. The Labute approximate surface area is 183 Å². The second-order valence-corrected chi connectivity index (χ2v) is 9.84. The number of para-hydroxylation sites is 2. The van der Waals surface area contributed by atoms with E-state index in [1.807, 2.05) is 38.1 Å². The van der Waals surface area contributed by atoms with Gasteiger partial charge in [-0.25, -0.2) is 12.8 Å². The molecule has 2 aromatic rings. The van der Waals surface area contributed by atoms with Gasteiger partial charge in [-0.1, -0.05) is 44.2 Å². The van der Waals surface area contributed by atoms with Crippen molar-refractivity contribution in [1.29, 1.82) is 0 Å². The fourth-order valence-corrected chi connectivity index (χ4v) is 5.31. The zero-order valence-corrected chi connectivity index (χ0v) is 19.1. The van der Waals surface area contributed by atoms with E-state index in [9.17, 15) is 17.6 Å². The van der Waals surface area contributed by atoms with Gasteiger partial charge in [-0.15, -0.1) is 0 Å². The zero-order chi connectivity index (χ0) is 22.8. The highest BCUT2D eigenvalue weighted by Crippen LogP contribution is 2.42. The van der Waals surface area contributed by atoms with Crippen LogP contribution in [0.3, 0.4) is 0 Å². The molecule has 0 aromatic heterocycles. The number of ether oxygens (including phenoxy) is 1. The number of fused-ring (bicyclic) bond motifs is 1. The maximum Gasteiger partial charge on any atom is 0.244 e. The first-order chi connectivity index (χ1) is 14.6. The fourth-order valence-electron chi connectivity index (χ4n) is 4.13. The Morgan fingerprint density at radius 3 is 2.42 bits per heavy atom. The molecule has 31 heavy (non-hydrogen) atoms. The number of nitrogens with zero attached hydrogens (tertiary/aromatic N) is 1. The maximum atomic E-state index is 14.4. The second kappa shape index (κ2) is 8.86. The second-order valence-electron chi connectivity index (χ2n) is 7.98. The molecule has 0 unspecified atom stereocenters. The molecule has 1 aliphatic heterocycles. The van der Waals surface area contributed by atoms with Crippen molar-refractivity contribution < 1.29 is 22.3 Å². The van der Waals surface area contributed by atoms with Crippen LogP contribution >= 0.6 is 0 Å². The molecule has 2 atom stereocenters. The Hall–Kier alpha value is -2.61. The molecule has 0 radical (unpaired) electrons. The number of carbonyl (C=O) groups is 1. The molecule has 0 fully saturated rings. The van der Waals surface area contributed by atoms with E-state index in [2.05, 4.69) is 5.32 Å². The Balaban J connectivity index is 1.93. The fraction of sp³-hybridized carbons (Fsp3) is 0.435. The summed E-state index contributed by atoms with van der Waals surface area (Å²) in [7, 11) is -3.91. The molecule has 1 N–H and O–H groups in total. The minimum absolute atomic E-state index is 0.156. The highest BCUT2D eigenvalue weighted by Gasteiger charge is 2.40. The van der Waals surface area contributed by atoms with Crippen molar-refractivity contribution in [2.24, 2.45) is 0 Å². The lowest BCUT2D eigenvalue weighted by Gasteiger charge is -2.42. The van der Waals surface area contributed by atoms with Gasteiger partial charge >= 0.3 is 0 Å². The van der Waals surface area contributed by atoms with E-state index in [0.29, 0.717) is 12.2 Å². The molecular weight excluding hydrogens is 419 g/mol. The van der Waals surface area contributed by atoms with E-state index in [0.717, 1.165) is 29.0 Å². The minimum atomic E-state index is -3.91. The topological polar surface area (TPSA) is 75.7 Å². The van der Waals surface area contributed by atoms with Crippen LogP contribution in [0.5, 0.6) is 5.75 Å². The van der Waals surface area contributed by atoms with Gasteiger partial charge in [0.05, 0.1) is 18.0 Å². The monoisotopic (exact) mass is 448 g/mol. The summed E-state index contributed by atoms with van der Waals surface area (Å²) in [6.45, 7) is 5.55. The molecule has 1 heterocycles. The molecule has 0 saturated carbocycles. The van der Waals surface area contributed by atoms with Crippen molar-refractivity contribution in [2.45, 2.75) is 57.7 Å². The van der Waals surface area contributed by atoms with Crippen LogP contribution in [0.1, 0.15) is 51.6 Å². The van der Waals surface area contributed by atoms with Crippen LogP contribution in [0.25, 0.3) is 0 Å². The summed E-state index contributed by atoms with van der Waals surface area (Å²) in [5.41, 5.74) is 0.270. The molecule has 8 heteroatoms. The predicted molar refractivity (Wildman–Crippen MR) is 119 cm³/mol. The third kappa shape index (κ3) is 4.69. The van der Waals surface area contributed by atoms with Crippen LogP contribution in [-0.2, 0) is 14.8 Å². The summed E-state index contributed by atoms with van der Waals surface area (Å²) in [5, 5.41) is 2.99. The van der Waals surface area contributed by atoms with E-state index in [1.165, 1.54) is 31.2 Å². The molecular formula is C23H29FN2O4S. The van der Waals surface area contributed by atoms with Gasteiger partial charge in [-0.2, -0.15) is 0 Å². The lowest BCUT2D eigenvalue weighted by Crippen LogP contribution is -2.51. The van der Waals surface area contributed by atoms with Crippen molar-refractivity contribution in [1.82, 2.24) is 5.32 Å². The van der Waals surface area contributed by atoms with Gasteiger partial charge in [0.15, 0.2) is 0 Å². The summed E-state index contributed by atoms with van der Waals surface area (Å²) in [5.74, 6) is -0.499. The molecule has 3 rings (SSSR count). The third-order valence-corrected chi connectivity index (χ3v) is 7.21. The van der Waals surface area contributed by atoms with Gasteiger partial charge in [0.2, 0.25) is 15.9 Å². The van der Waals surface area contributed by atoms with Gasteiger partial charge < -0.3 is 10.1 Å². The number of sulfonamides is 1. The van der Waals surface area contributed by atoms with E-state index in [-0.39, 0.29) is 11.7 Å². The molecule has 0 bridgehead atoms. The first-order valence-electron chi connectivity index (χ1n) is 10.4. The van der Waals surface area contributed by atoms with Gasteiger partial charge in [-0.05, 0) is 38.0 Å². The first kappa shape index (κ1) is 23.1. The Morgan fingerprint density at radius 1 is 1.19 bits per heavy atom. The predicted octanol–water partition coefficient (Wildman–Crippen LogP) is 4.18. The number of carbonyl (C=O) groups excluding carboxylic acids is 1. The van der Waals surface area contributed by atoms with Crippen LogP contribution < -0.4 is 14.4 Å². The van der Waals surface area contributed by atoms with Gasteiger partial charge in [0.25, 0.3) is 0 Å². The molecule has 0 saturated heterocycles. The van der Waals surface area contributed by atoms with Gasteiger partial charge in [0.1, 0.15) is 23.2 Å². The quantitative estimate of drug-likeness (QED) is 0.690. The van der Waals surface area contributed by atoms with Crippen molar-refractivity contribution in [3.05, 3.63) is 59.9 Å². The standard InChI is InChI=1S/C23H29FN2O4S/c1-5-23(6-2)15-19(17-11-7-10-14-21(17)30-23)25-22(27)16(3)26(31(4,28)29)20-13-9-8-12-18(20)24/h7-14,16,19H,5-6,15H2,1-4H3,(H,25,27)/t16-,19+/m1/s1. The summed E-state index contributed by atoms with van der Waals surface area (Å²) >= 11 is 0. The lowest BCUT2D eigenvalue weighted by molar-refractivity contribution is -0.123. The molecule has 2 aromatic carbocycles. The highest BCUT2D eigenvalue weighted by atomic mass is 32.2. The number of halogens is 1. The van der Waals surface area contributed by atoms with E-state index in [4.69, 9.17) is 4.74 Å². The smallest absolute Gasteiger partial charge is 0.244 e. The van der Waals surface area contributed by atoms with Crippen molar-refractivity contribution >= 4 is 21.6 Å². The number of rotatable bonds is 7. The molecule has 1 amide bonds. The molecule has 6 nitrogen and oxygen atoms in total. The van der Waals surface area contributed by atoms with Crippen molar-refractivity contribution in [2.75, 3.05) is 10.6 Å². The van der Waals surface area contributed by atoms with Crippen LogP contribution in [-0.4, -0.2) is 32.2 Å². The Bertz CT molecular complexity index is 1050. The SMILES string of the molecule is CCC1(CC)C[C@H](NC(=O)[C@@H](C)N(c2ccccc2F)S(C)(=O)=O)c2ccccc2O1. The first-order valence-corrected chi connectivity index (χ1v) is 12.3. The number of hydrogen-bond acceptors (Lipinski definition) is 4. The molecule has 1 aliphatic rings. The van der Waals surface area contributed by atoms with E-state index < -0.39 is 33.4 Å². The minimum Gasteiger partial charge on any atom is -0.487 e. The van der Waals surface area contributed by atoms with Gasteiger partial charge in [0, 0.05) is 12.0 Å². The Kier molecular flexibility index (Phi) is 6.59. The molecule has 0 spiro atoms. The van der Waals surface area contributed by atoms with E-state index in [1.54, 1.807) is 0 Å². The molecule has 0 aliphatic carbocycles. The zero-order valence-electron chi connectivity index (χ0n) is 18.3. The van der Waals surface area contributed by atoms with Crippen LogP contribution in [0, 0.1) is 5.82 Å². The largest absolute Gasteiger partial charge is 0.487 e. The third-order valence-electron chi connectivity index (χ3n) is 5.98. The summed E-state index contributed by atoms with van der Waals surface area (Å²) in [6.07, 6.45) is 3.06. The normalized spacial score (nSPS) is 18.4. The lowest BCUT2D eigenvalue weighted by atomic mass is 9.83. The average molecular weight is 449 g/mol. The summed E-state index contributed by atoms with van der Waals surface area (Å²) in [4.78, 5) is 13.2.